The van der Waals surface area contributed by atoms with Crippen LogP contribution >= 0.6 is 0 Å². The Bertz CT molecular complexity index is 231. The summed E-state index contributed by atoms with van der Waals surface area (Å²) in [5.41, 5.74) is 0.901. The van der Waals surface area contributed by atoms with Crippen molar-refractivity contribution in [2.24, 2.45) is 0 Å². The molecule has 0 unspecified atom stereocenters. The first-order valence-corrected chi connectivity index (χ1v) is 3.72. The summed E-state index contributed by atoms with van der Waals surface area (Å²) in [7, 11) is 0. The van der Waals surface area contributed by atoms with Crippen LogP contribution in [0.1, 0.15) is 17.6 Å². The summed E-state index contributed by atoms with van der Waals surface area (Å²) in [6.07, 6.45) is -1.89. The van der Waals surface area contributed by atoms with Crippen LogP contribution in [0.25, 0.3) is 0 Å². The zero-order valence-electron chi connectivity index (χ0n) is 6.50. The van der Waals surface area contributed by atoms with E-state index in [0.29, 0.717) is 6.42 Å². The molecule has 1 aromatic carbocycles. The van der Waals surface area contributed by atoms with Gasteiger partial charge in [0.25, 0.3) is 6.43 Å². The number of aliphatic hydroxyl groups is 1. The van der Waals surface area contributed by atoms with E-state index in [4.69, 9.17) is 5.11 Å². The van der Waals surface area contributed by atoms with Crippen molar-refractivity contribution in [1.29, 1.82) is 0 Å². The maximum absolute atomic E-state index is 12.0. The van der Waals surface area contributed by atoms with Crippen molar-refractivity contribution in [2.45, 2.75) is 12.8 Å². The van der Waals surface area contributed by atoms with E-state index in [1.165, 1.54) is 12.1 Å². The van der Waals surface area contributed by atoms with Crippen molar-refractivity contribution < 1.29 is 13.9 Å². The zero-order valence-corrected chi connectivity index (χ0v) is 6.50. The van der Waals surface area contributed by atoms with Crippen LogP contribution in [0.15, 0.2) is 24.3 Å². The fourth-order valence-corrected chi connectivity index (χ4v) is 0.959. The minimum Gasteiger partial charge on any atom is -0.396 e. The van der Waals surface area contributed by atoms with Gasteiger partial charge in [0.15, 0.2) is 0 Å². The molecule has 3 heteroatoms. The van der Waals surface area contributed by atoms with Gasteiger partial charge in [0.2, 0.25) is 0 Å². The molecule has 0 bridgehead atoms. The first-order valence-electron chi connectivity index (χ1n) is 3.72. The van der Waals surface area contributed by atoms with Crippen LogP contribution in [0.2, 0.25) is 0 Å². The molecule has 0 atom stereocenters. The molecular formula is C9H10F2O. The van der Waals surface area contributed by atoms with E-state index < -0.39 is 6.43 Å². The number of benzene rings is 1. The monoisotopic (exact) mass is 172 g/mol. The highest BCUT2D eigenvalue weighted by Crippen LogP contribution is 2.18. The highest BCUT2D eigenvalue weighted by atomic mass is 19.3. The van der Waals surface area contributed by atoms with Crippen molar-refractivity contribution in [3.8, 4) is 0 Å². The molecule has 0 amide bonds. The Labute approximate surface area is 69.7 Å². The van der Waals surface area contributed by atoms with E-state index in [-0.39, 0.29) is 12.2 Å². The van der Waals surface area contributed by atoms with Gasteiger partial charge in [0, 0.05) is 12.2 Å². The molecule has 0 aliphatic heterocycles. The molecule has 0 saturated heterocycles. The Morgan fingerprint density at radius 2 is 1.75 bits per heavy atom. The highest BCUT2D eigenvalue weighted by molar-refractivity contribution is 5.23. The predicted molar refractivity (Wildman–Crippen MR) is 42.2 cm³/mol. The van der Waals surface area contributed by atoms with E-state index in [1.54, 1.807) is 12.1 Å². The smallest absolute Gasteiger partial charge is 0.263 e. The Kier molecular flexibility index (Phi) is 3.17. The molecule has 1 aromatic rings. The topological polar surface area (TPSA) is 20.2 Å². The molecule has 0 aliphatic rings. The van der Waals surface area contributed by atoms with Crippen LogP contribution in [-0.2, 0) is 6.42 Å². The Morgan fingerprint density at radius 1 is 1.17 bits per heavy atom. The molecule has 0 saturated carbocycles. The molecule has 12 heavy (non-hydrogen) atoms. The average Bonchev–Trinajstić information content (AvgIpc) is 2.06. The standard InChI is InChI=1S/C9H10F2O/c10-9(11)8-3-1-7(2-4-8)5-6-12/h1-4,9,12H,5-6H2. The fourth-order valence-electron chi connectivity index (χ4n) is 0.959. The van der Waals surface area contributed by atoms with Crippen LogP contribution < -0.4 is 0 Å². The SMILES string of the molecule is OCCc1ccc(C(F)F)cc1. The summed E-state index contributed by atoms with van der Waals surface area (Å²) in [5.74, 6) is 0. The number of rotatable bonds is 3. The van der Waals surface area contributed by atoms with Gasteiger partial charge in [-0.25, -0.2) is 8.78 Å². The lowest BCUT2D eigenvalue weighted by Gasteiger charge is -2.00. The first kappa shape index (κ1) is 9.13. The molecule has 0 radical (unpaired) electrons. The summed E-state index contributed by atoms with van der Waals surface area (Å²) in [6.45, 7) is 0.0496. The van der Waals surface area contributed by atoms with Gasteiger partial charge < -0.3 is 5.11 Å². The van der Waals surface area contributed by atoms with E-state index in [1.807, 2.05) is 0 Å². The second-order valence-electron chi connectivity index (χ2n) is 2.52. The Hall–Kier alpha value is -0.960. The lowest BCUT2D eigenvalue weighted by molar-refractivity contribution is 0.151. The van der Waals surface area contributed by atoms with E-state index in [0.717, 1.165) is 5.56 Å². The fraction of sp³-hybridized carbons (Fsp3) is 0.333. The second-order valence-corrected chi connectivity index (χ2v) is 2.52. The van der Waals surface area contributed by atoms with Crippen molar-refractivity contribution in [3.05, 3.63) is 35.4 Å². The van der Waals surface area contributed by atoms with E-state index >= 15 is 0 Å². The maximum Gasteiger partial charge on any atom is 0.263 e. The molecule has 66 valence electrons. The third-order valence-corrected chi connectivity index (χ3v) is 1.63. The van der Waals surface area contributed by atoms with Gasteiger partial charge in [-0.3, -0.25) is 0 Å². The highest BCUT2D eigenvalue weighted by Gasteiger charge is 2.04. The van der Waals surface area contributed by atoms with Gasteiger partial charge in [-0.05, 0) is 12.0 Å². The van der Waals surface area contributed by atoms with E-state index in [9.17, 15) is 8.78 Å². The third-order valence-electron chi connectivity index (χ3n) is 1.63. The molecular weight excluding hydrogens is 162 g/mol. The van der Waals surface area contributed by atoms with Crippen LogP contribution in [0.4, 0.5) is 8.78 Å². The Balaban J connectivity index is 2.71. The number of halogens is 2. The maximum atomic E-state index is 12.0. The van der Waals surface area contributed by atoms with Crippen molar-refractivity contribution in [2.75, 3.05) is 6.61 Å². The summed E-state index contributed by atoms with van der Waals surface area (Å²) in [4.78, 5) is 0. The number of hydrogen-bond donors (Lipinski definition) is 1. The molecule has 0 heterocycles. The molecule has 0 fully saturated rings. The van der Waals surface area contributed by atoms with Gasteiger partial charge in [-0.15, -0.1) is 0 Å². The largest absolute Gasteiger partial charge is 0.396 e. The van der Waals surface area contributed by atoms with Gasteiger partial charge in [0.1, 0.15) is 0 Å². The van der Waals surface area contributed by atoms with Crippen molar-refractivity contribution in [1.82, 2.24) is 0 Å². The summed E-state index contributed by atoms with van der Waals surface area (Å²) in [5, 5.41) is 8.55. The normalized spacial score (nSPS) is 10.7. The quantitative estimate of drug-likeness (QED) is 0.740. The average molecular weight is 172 g/mol. The van der Waals surface area contributed by atoms with Crippen molar-refractivity contribution in [3.63, 3.8) is 0 Å². The predicted octanol–water partition coefficient (Wildman–Crippen LogP) is 2.16. The van der Waals surface area contributed by atoms with Gasteiger partial charge in [0.05, 0.1) is 0 Å². The third kappa shape index (κ3) is 2.27. The Morgan fingerprint density at radius 3 is 2.17 bits per heavy atom. The lowest BCUT2D eigenvalue weighted by Crippen LogP contribution is -1.91. The first-order chi connectivity index (χ1) is 5.74. The summed E-state index contributed by atoms with van der Waals surface area (Å²) >= 11 is 0. The number of hydrogen-bond acceptors (Lipinski definition) is 1. The molecule has 0 aromatic heterocycles. The zero-order chi connectivity index (χ0) is 8.97. The lowest BCUT2D eigenvalue weighted by atomic mass is 10.1. The molecule has 1 rings (SSSR count). The van der Waals surface area contributed by atoms with Crippen LogP contribution in [-0.4, -0.2) is 11.7 Å². The molecule has 1 nitrogen and oxygen atoms in total. The summed E-state index contributed by atoms with van der Waals surface area (Å²) in [6, 6.07) is 5.99. The van der Waals surface area contributed by atoms with Gasteiger partial charge in [-0.2, -0.15) is 0 Å². The van der Waals surface area contributed by atoms with Gasteiger partial charge in [-0.1, -0.05) is 24.3 Å². The number of aliphatic hydroxyl groups excluding tert-OH is 1. The summed E-state index contributed by atoms with van der Waals surface area (Å²) < 4.78 is 24.1. The van der Waals surface area contributed by atoms with E-state index in [2.05, 4.69) is 0 Å². The van der Waals surface area contributed by atoms with Crippen LogP contribution in [0.3, 0.4) is 0 Å². The van der Waals surface area contributed by atoms with Crippen LogP contribution in [0, 0.1) is 0 Å². The molecule has 0 spiro atoms. The minimum atomic E-state index is -2.41. The van der Waals surface area contributed by atoms with Gasteiger partial charge >= 0.3 is 0 Å². The molecule has 1 N–H and O–H groups in total. The second kappa shape index (κ2) is 4.16. The van der Waals surface area contributed by atoms with Crippen LogP contribution in [0.5, 0.6) is 0 Å². The van der Waals surface area contributed by atoms with Crippen molar-refractivity contribution >= 4 is 0 Å². The number of alkyl halides is 2. The minimum absolute atomic E-state index is 0.0247. The molecule has 0 aliphatic carbocycles.